The lowest BCUT2D eigenvalue weighted by molar-refractivity contribution is 0.415. The van der Waals surface area contributed by atoms with Gasteiger partial charge in [0.25, 0.3) is 0 Å². The highest BCUT2D eigenvalue weighted by atomic mass is 16.5. The quantitative estimate of drug-likeness (QED) is 0.796. The van der Waals surface area contributed by atoms with Crippen molar-refractivity contribution in [2.75, 3.05) is 24.3 Å². The van der Waals surface area contributed by atoms with Crippen molar-refractivity contribution in [1.82, 2.24) is 0 Å². The maximum absolute atomic E-state index is 5.95. The molecule has 0 radical (unpaired) electrons. The molecule has 0 aliphatic carbocycles. The molecule has 1 aromatic rings. The average Bonchev–Trinajstić information content (AvgIpc) is 2.42. The monoisotopic (exact) mass is 232 g/mol. The molecule has 2 N–H and O–H groups in total. The van der Waals surface area contributed by atoms with Crippen LogP contribution in [0.15, 0.2) is 42.6 Å². The molecule has 0 atom stereocenters. The van der Waals surface area contributed by atoms with E-state index >= 15 is 0 Å². The summed E-state index contributed by atoms with van der Waals surface area (Å²) in [5.74, 6) is 0.785. The molecule has 0 spiro atoms. The predicted molar refractivity (Wildman–Crippen MR) is 74.4 cm³/mol. The summed E-state index contributed by atoms with van der Waals surface area (Å²) in [7, 11) is 1.64. The largest absolute Gasteiger partial charge is 0.497 e. The molecule has 0 saturated heterocycles. The van der Waals surface area contributed by atoms with E-state index in [4.69, 9.17) is 10.5 Å². The lowest BCUT2D eigenvalue weighted by Crippen LogP contribution is -2.18. The third-order valence-electron chi connectivity index (χ3n) is 2.36. The molecule has 0 fully saturated rings. The zero-order chi connectivity index (χ0) is 12.7. The molecule has 1 heterocycles. The maximum Gasteiger partial charge on any atom is 0.121 e. The van der Waals surface area contributed by atoms with Gasteiger partial charge in [-0.1, -0.05) is 26.0 Å². The first-order valence-electron chi connectivity index (χ1n) is 5.85. The fourth-order valence-corrected chi connectivity index (χ4v) is 1.57. The summed E-state index contributed by atoms with van der Waals surface area (Å²) in [6, 6.07) is 5.72. The summed E-state index contributed by atoms with van der Waals surface area (Å²) in [4.78, 5) is 2.09. The Morgan fingerprint density at radius 3 is 2.53 bits per heavy atom. The van der Waals surface area contributed by atoms with E-state index < -0.39 is 0 Å². The number of rotatable bonds is 2. The summed E-state index contributed by atoms with van der Waals surface area (Å²) in [6.07, 6.45) is 8.12. The van der Waals surface area contributed by atoms with Gasteiger partial charge in [-0.3, -0.25) is 0 Å². The highest BCUT2D eigenvalue weighted by Gasteiger charge is 2.07. The van der Waals surface area contributed by atoms with Gasteiger partial charge >= 0.3 is 0 Å². The van der Waals surface area contributed by atoms with Gasteiger partial charge in [0.2, 0.25) is 0 Å². The van der Waals surface area contributed by atoms with Gasteiger partial charge in [0.1, 0.15) is 5.75 Å². The third-order valence-corrected chi connectivity index (χ3v) is 2.36. The molecule has 2 rings (SSSR count). The van der Waals surface area contributed by atoms with Crippen LogP contribution in [0.2, 0.25) is 0 Å². The second kappa shape index (κ2) is 6.63. The molecule has 0 bridgehead atoms. The van der Waals surface area contributed by atoms with Crippen LogP contribution in [0.1, 0.15) is 13.8 Å². The van der Waals surface area contributed by atoms with Crippen molar-refractivity contribution >= 4 is 11.4 Å². The van der Waals surface area contributed by atoms with E-state index in [1.54, 1.807) is 7.11 Å². The van der Waals surface area contributed by atoms with Crippen LogP contribution in [-0.2, 0) is 0 Å². The second-order valence-electron chi connectivity index (χ2n) is 3.35. The first kappa shape index (κ1) is 13.2. The predicted octanol–water partition coefficient (Wildman–Crippen LogP) is 3.19. The van der Waals surface area contributed by atoms with Crippen molar-refractivity contribution in [3.05, 3.63) is 42.6 Å². The molecule has 3 nitrogen and oxygen atoms in total. The van der Waals surface area contributed by atoms with Crippen molar-refractivity contribution in [3.8, 4) is 5.75 Å². The Bertz CT molecular complexity index is 411. The van der Waals surface area contributed by atoms with E-state index in [1.807, 2.05) is 50.4 Å². The van der Waals surface area contributed by atoms with Crippen molar-refractivity contribution in [3.63, 3.8) is 0 Å². The van der Waals surface area contributed by atoms with Gasteiger partial charge in [-0.25, -0.2) is 0 Å². The van der Waals surface area contributed by atoms with E-state index in [0.29, 0.717) is 0 Å². The number of benzene rings is 1. The zero-order valence-corrected chi connectivity index (χ0v) is 10.7. The second-order valence-corrected chi connectivity index (χ2v) is 3.35. The Kier molecular flexibility index (Phi) is 5.14. The lowest BCUT2D eigenvalue weighted by Gasteiger charge is -2.22. The number of ether oxygens (including phenoxy) is 1. The van der Waals surface area contributed by atoms with E-state index in [0.717, 1.165) is 23.7 Å². The van der Waals surface area contributed by atoms with E-state index in [1.165, 1.54) is 0 Å². The number of anilines is 2. The van der Waals surface area contributed by atoms with Crippen molar-refractivity contribution in [2.24, 2.45) is 0 Å². The Hall–Kier alpha value is -1.90. The van der Waals surface area contributed by atoms with Gasteiger partial charge in [0.05, 0.1) is 18.5 Å². The maximum atomic E-state index is 5.95. The minimum atomic E-state index is 0.731. The molecule has 1 aromatic carbocycles. The molecule has 17 heavy (non-hydrogen) atoms. The molecule has 0 amide bonds. The van der Waals surface area contributed by atoms with Gasteiger partial charge < -0.3 is 15.4 Å². The molecule has 1 aliphatic rings. The number of hydrogen-bond acceptors (Lipinski definition) is 3. The van der Waals surface area contributed by atoms with Crippen LogP contribution in [0.5, 0.6) is 5.75 Å². The Labute approximate surface area is 103 Å². The van der Waals surface area contributed by atoms with Crippen LogP contribution < -0.4 is 15.4 Å². The van der Waals surface area contributed by atoms with E-state index in [-0.39, 0.29) is 0 Å². The number of allylic oxidation sites excluding steroid dienone is 2. The normalized spacial score (nSPS) is 13.0. The number of nitrogen functional groups attached to an aromatic ring is 1. The number of nitrogens with two attached hydrogens (primary N) is 1. The zero-order valence-electron chi connectivity index (χ0n) is 10.7. The Morgan fingerprint density at radius 1 is 1.24 bits per heavy atom. The number of hydrogen-bond donors (Lipinski definition) is 1. The summed E-state index contributed by atoms with van der Waals surface area (Å²) in [5.41, 5.74) is 7.69. The van der Waals surface area contributed by atoms with Gasteiger partial charge in [0.15, 0.2) is 0 Å². The summed E-state index contributed by atoms with van der Waals surface area (Å²) in [5, 5.41) is 0. The first-order chi connectivity index (χ1) is 8.31. The van der Waals surface area contributed by atoms with Crippen LogP contribution in [0.25, 0.3) is 0 Å². The van der Waals surface area contributed by atoms with Crippen molar-refractivity contribution in [2.45, 2.75) is 13.8 Å². The third kappa shape index (κ3) is 3.28. The minimum Gasteiger partial charge on any atom is -0.497 e. The lowest BCUT2D eigenvalue weighted by atomic mass is 10.2. The van der Waals surface area contributed by atoms with Gasteiger partial charge in [-0.15, -0.1) is 0 Å². The smallest absolute Gasteiger partial charge is 0.121 e. The fourth-order valence-electron chi connectivity index (χ4n) is 1.57. The van der Waals surface area contributed by atoms with Crippen molar-refractivity contribution < 1.29 is 4.74 Å². The van der Waals surface area contributed by atoms with Crippen LogP contribution >= 0.6 is 0 Å². The molecule has 3 heteroatoms. The average molecular weight is 232 g/mol. The standard InChI is InChI=1S/C12H14N2O.C2H6/c1-15-10-5-6-12(11(13)9-10)14-7-3-2-4-8-14;1-2/h2-7,9H,8,13H2,1H3;1-2H3. The minimum absolute atomic E-state index is 0.731. The molecule has 0 aromatic heterocycles. The van der Waals surface area contributed by atoms with E-state index in [9.17, 15) is 0 Å². The van der Waals surface area contributed by atoms with Crippen molar-refractivity contribution in [1.29, 1.82) is 0 Å². The number of nitrogens with zero attached hydrogens (tertiary/aromatic N) is 1. The first-order valence-corrected chi connectivity index (χ1v) is 5.85. The fraction of sp³-hybridized carbons (Fsp3) is 0.286. The molecule has 0 unspecified atom stereocenters. The van der Waals surface area contributed by atoms with Crippen LogP contribution in [-0.4, -0.2) is 13.7 Å². The summed E-state index contributed by atoms with van der Waals surface area (Å²) >= 11 is 0. The molecule has 92 valence electrons. The van der Waals surface area contributed by atoms with E-state index in [2.05, 4.69) is 11.0 Å². The SMILES string of the molecule is CC.COc1ccc(N2C=CC=CC2)c(N)c1. The number of methoxy groups -OCH3 is 1. The van der Waals surface area contributed by atoms with Gasteiger partial charge in [-0.2, -0.15) is 0 Å². The highest BCUT2D eigenvalue weighted by Crippen LogP contribution is 2.28. The Morgan fingerprint density at radius 2 is 2.00 bits per heavy atom. The van der Waals surface area contributed by atoms with Crippen LogP contribution in [0.4, 0.5) is 11.4 Å². The Balaban J connectivity index is 0.000000686. The highest BCUT2D eigenvalue weighted by molar-refractivity contribution is 5.71. The van der Waals surface area contributed by atoms with Gasteiger partial charge in [-0.05, 0) is 18.2 Å². The van der Waals surface area contributed by atoms with Crippen LogP contribution in [0, 0.1) is 0 Å². The summed E-state index contributed by atoms with van der Waals surface area (Å²) in [6.45, 7) is 4.85. The van der Waals surface area contributed by atoms with Gasteiger partial charge in [0, 0.05) is 18.8 Å². The summed E-state index contributed by atoms with van der Waals surface area (Å²) < 4.78 is 5.11. The van der Waals surface area contributed by atoms with Crippen LogP contribution in [0.3, 0.4) is 0 Å². The molecule has 0 saturated carbocycles. The molecular formula is C14H20N2O. The molecule has 1 aliphatic heterocycles. The molecular weight excluding hydrogens is 212 g/mol. The topological polar surface area (TPSA) is 38.5 Å².